The van der Waals surface area contributed by atoms with Crippen LogP contribution in [0, 0.1) is 5.41 Å². The van der Waals surface area contributed by atoms with Gasteiger partial charge in [0.1, 0.15) is 5.84 Å². The first-order chi connectivity index (χ1) is 8.08. The largest absolute Gasteiger partial charge is 0.384 e. The molecule has 2 unspecified atom stereocenters. The smallest absolute Gasteiger partial charge is 0.123 e. The maximum atomic E-state index is 7.57. The van der Waals surface area contributed by atoms with Crippen molar-refractivity contribution in [3.8, 4) is 0 Å². The van der Waals surface area contributed by atoms with Crippen LogP contribution < -0.4 is 5.73 Å². The Kier molecular flexibility index (Phi) is 3.97. The van der Waals surface area contributed by atoms with Crippen LogP contribution in [0.25, 0.3) is 0 Å². The molecule has 1 fully saturated rings. The summed E-state index contributed by atoms with van der Waals surface area (Å²) in [7, 11) is 0. The van der Waals surface area contributed by atoms with Gasteiger partial charge in [-0.25, -0.2) is 0 Å². The van der Waals surface area contributed by atoms with Crippen LogP contribution >= 0.6 is 23.4 Å². The van der Waals surface area contributed by atoms with Gasteiger partial charge in [0.2, 0.25) is 0 Å². The molecule has 0 aromatic heterocycles. The fraction of sp³-hybridized carbons (Fsp3) is 0.417. The maximum absolute atomic E-state index is 7.57. The Morgan fingerprint density at radius 1 is 1.59 bits per heavy atom. The quantitative estimate of drug-likeness (QED) is 0.656. The minimum Gasteiger partial charge on any atom is -0.384 e. The summed E-state index contributed by atoms with van der Waals surface area (Å²) in [6, 6.07) is 5.50. The van der Waals surface area contributed by atoms with Crippen molar-refractivity contribution in [3.63, 3.8) is 0 Å². The third kappa shape index (κ3) is 2.94. The summed E-state index contributed by atoms with van der Waals surface area (Å²) in [4.78, 5) is 1.00. The molecule has 2 atom stereocenters. The Morgan fingerprint density at radius 3 is 2.94 bits per heavy atom. The molecule has 0 aliphatic carbocycles. The van der Waals surface area contributed by atoms with E-state index in [1.807, 2.05) is 12.1 Å². The molecular formula is C12H15ClN2OS. The molecule has 0 saturated carbocycles. The second kappa shape index (κ2) is 5.29. The van der Waals surface area contributed by atoms with Gasteiger partial charge in [-0.2, -0.15) is 0 Å². The minimum absolute atomic E-state index is 0.0570. The monoisotopic (exact) mass is 270 g/mol. The van der Waals surface area contributed by atoms with Gasteiger partial charge in [0.05, 0.1) is 6.10 Å². The summed E-state index contributed by atoms with van der Waals surface area (Å²) in [5.41, 5.74) is 6.28. The van der Waals surface area contributed by atoms with E-state index in [4.69, 9.17) is 27.5 Å². The third-order valence-electron chi connectivity index (χ3n) is 2.82. The van der Waals surface area contributed by atoms with Crippen LogP contribution in [0.3, 0.4) is 0 Å². The van der Waals surface area contributed by atoms with E-state index < -0.39 is 0 Å². The lowest BCUT2D eigenvalue weighted by atomic mass is 10.2. The molecule has 0 radical (unpaired) electrons. The van der Waals surface area contributed by atoms with E-state index >= 15 is 0 Å². The predicted octanol–water partition coefficient (Wildman–Crippen LogP) is 2.89. The van der Waals surface area contributed by atoms with Crippen LogP contribution in [-0.4, -0.2) is 23.8 Å². The summed E-state index contributed by atoms with van der Waals surface area (Å²) in [6.45, 7) is 2.88. The van der Waals surface area contributed by atoms with Crippen molar-refractivity contribution in [1.82, 2.24) is 0 Å². The third-order valence-corrected chi connectivity index (χ3v) is 4.58. The van der Waals surface area contributed by atoms with E-state index in [0.29, 0.717) is 15.8 Å². The molecule has 1 aromatic carbocycles. The Labute approximate surface area is 110 Å². The number of benzene rings is 1. The zero-order valence-electron chi connectivity index (χ0n) is 9.57. The zero-order chi connectivity index (χ0) is 12.4. The molecule has 0 spiro atoms. The van der Waals surface area contributed by atoms with Gasteiger partial charge in [-0.3, -0.25) is 5.41 Å². The van der Waals surface area contributed by atoms with E-state index in [0.717, 1.165) is 17.9 Å². The topological polar surface area (TPSA) is 59.1 Å². The molecule has 1 saturated heterocycles. The van der Waals surface area contributed by atoms with Crippen LogP contribution in [-0.2, 0) is 4.74 Å². The van der Waals surface area contributed by atoms with E-state index in [-0.39, 0.29) is 11.9 Å². The zero-order valence-corrected chi connectivity index (χ0v) is 11.1. The first-order valence-corrected chi connectivity index (χ1v) is 6.76. The summed E-state index contributed by atoms with van der Waals surface area (Å²) in [6.07, 6.45) is 1.28. The molecule has 3 N–H and O–H groups in total. The standard InChI is InChI=1S/C12H15ClN2OS/c1-7-10(4-5-16-7)17-11-3-2-8(13)6-9(11)12(14)15/h2-3,6-7,10H,4-5H2,1H3,(H3,14,15). The summed E-state index contributed by atoms with van der Waals surface area (Å²) >= 11 is 7.64. The Bertz CT molecular complexity index is 439. The van der Waals surface area contributed by atoms with Gasteiger partial charge in [-0.1, -0.05) is 11.6 Å². The van der Waals surface area contributed by atoms with Gasteiger partial charge in [-0.15, -0.1) is 11.8 Å². The minimum atomic E-state index is 0.0570. The summed E-state index contributed by atoms with van der Waals surface area (Å²) in [5.74, 6) is 0.0570. The Hall–Kier alpha value is -0.710. The first-order valence-electron chi connectivity index (χ1n) is 5.50. The highest BCUT2D eigenvalue weighted by atomic mass is 35.5. The molecule has 3 nitrogen and oxygen atoms in total. The van der Waals surface area contributed by atoms with Gasteiger partial charge in [0, 0.05) is 27.3 Å². The van der Waals surface area contributed by atoms with Crippen molar-refractivity contribution < 1.29 is 4.74 Å². The van der Waals surface area contributed by atoms with Crippen molar-refractivity contribution >= 4 is 29.2 Å². The maximum Gasteiger partial charge on any atom is 0.123 e. The number of hydrogen-bond donors (Lipinski definition) is 2. The van der Waals surface area contributed by atoms with Crippen LogP contribution in [0.15, 0.2) is 23.1 Å². The highest BCUT2D eigenvalue weighted by molar-refractivity contribution is 8.00. The van der Waals surface area contributed by atoms with E-state index in [1.54, 1.807) is 17.8 Å². The van der Waals surface area contributed by atoms with Crippen LogP contribution in [0.2, 0.25) is 5.02 Å². The fourth-order valence-corrected chi connectivity index (χ4v) is 3.27. The molecule has 17 heavy (non-hydrogen) atoms. The molecule has 92 valence electrons. The average molecular weight is 271 g/mol. The number of nitrogens with one attached hydrogen (secondary N) is 1. The van der Waals surface area contributed by atoms with Crippen molar-refractivity contribution in [2.24, 2.45) is 5.73 Å². The first kappa shape index (κ1) is 12.7. The van der Waals surface area contributed by atoms with E-state index in [2.05, 4.69) is 6.92 Å². The molecule has 1 heterocycles. The van der Waals surface area contributed by atoms with Gasteiger partial charge in [0.15, 0.2) is 0 Å². The van der Waals surface area contributed by atoms with Gasteiger partial charge < -0.3 is 10.5 Å². The lowest BCUT2D eigenvalue weighted by Gasteiger charge is -2.15. The molecule has 0 amide bonds. The number of amidine groups is 1. The van der Waals surface area contributed by atoms with Crippen molar-refractivity contribution in [2.45, 2.75) is 29.6 Å². The van der Waals surface area contributed by atoms with Crippen molar-refractivity contribution in [2.75, 3.05) is 6.61 Å². The normalized spacial score (nSPS) is 23.9. The SMILES string of the molecule is CC1OCCC1Sc1ccc(Cl)cc1C(=N)N. The van der Waals surface area contributed by atoms with Crippen LogP contribution in [0.1, 0.15) is 18.9 Å². The number of thioether (sulfide) groups is 1. The molecule has 1 aliphatic rings. The number of nitrogens with two attached hydrogens (primary N) is 1. The lowest BCUT2D eigenvalue weighted by Crippen LogP contribution is -2.16. The summed E-state index contributed by atoms with van der Waals surface area (Å²) < 4.78 is 5.53. The van der Waals surface area contributed by atoms with E-state index in [1.165, 1.54) is 0 Å². The second-order valence-corrected chi connectivity index (χ2v) is 5.79. The number of hydrogen-bond acceptors (Lipinski definition) is 3. The van der Waals surface area contributed by atoms with Gasteiger partial charge in [0.25, 0.3) is 0 Å². The molecule has 2 rings (SSSR count). The Morgan fingerprint density at radius 2 is 2.35 bits per heavy atom. The van der Waals surface area contributed by atoms with Gasteiger partial charge >= 0.3 is 0 Å². The highest BCUT2D eigenvalue weighted by Crippen LogP contribution is 2.35. The Balaban J connectivity index is 2.22. The number of nitrogen functional groups attached to an aromatic ring is 1. The molecule has 1 aromatic rings. The number of ether oxygens (including phenoxy) is 1. The molecule has 1 aliphatic heterocycles. The fourth-order valence-electron chi connectivity index (χ4n) is 1.85. The number of halogens is 1. The number of rotatable bonds is 3. The van der Waals surface area contributed by atoms with Gasteiger partial charge in [-0.05, 0) is 31.5 Å². The highest BCUT2D eigenvalue weighted by Gasteiger charge is 2.26. The average Bonchev–Trinajstić information content (AvgIpc) is 2.67. The van der Waals surface area contributed by atoms with Crippen LogP contribution in [0.4, 0.5) is 0 Å². The van der Waals surface area contributed by atoms with Crippen molar-refractivity contribution in [3.05, 3.63) is 28.8 Å². The van der Waals surface area contributed by atoms with E-state index in [9.17, 15) is 0 Å². The van der Waals surface area contributed by atoms with Crippen LogP contribution in [0.5, 0.6) is 0 Å². The summed E-state index contributed by atoms with van der Waals surface area (Å²) in [5, 5.41) is 8.60. The molecular weight excluding hydrogens is 256 g/mol. The molecule has 0 bridgehead atoms. The second-order valence-electron chi connectivity index (χ2n) is 4.08. The van der Waals surface area contributed by atoms with Crippen molar-refractivity contribution in [1.29, 1.82) is 5.41 Å². The predicted molar refractivity (Wildman–Crippen MR) is 72.1 cm³/mol. The lowest BCUT2D eigenvalue weighted by molar-refractivity contribution is 0.127. The molecule has 5 heteroatoms.